The molecule has 0 bridgehead atoms. The highest BCUT2D eigenvalue weighted by molar-refractivity contribution is 5.68. The van der Waals surface area contributed by atoms with E-state index in [4.69, 9.17) is 4.74 Å². The molecule has 122 valence electrons. The van der Waals surface area contributed by atoms with Crippen LogP contribution in [-0.2, 0) is 11.3 Å². The first kappa shape index (κ1) is 16.8. The molecule has 4 nitrogen and oxygen atoms in total. The lowest BCUT2D eigenvalue weighted by molar-refractivity contribution is 0.0179. The number of aliphatic hydroxyl groups is 1. The van der Waals surface area contributed by atoms with Crippen LogP contribution in [0.15, 0.2) is 30.3 Å². The maximum atomic E-state index is 12.3. The van der Waals surface area contributed by atoms with Crippen molar-refractivity contribution in [2.75, 3.05) is 13.2 Å². The van der Waals surface area contributed by atoms with Crippen LogP contribution in [0.5, 0.6) is 0 Å². The Morgan fingerprint density at radius 2 is 2.00 bits per heavy atom. The van der Waals surface area contributed by atoms with Gasteiger partial charge in [-0.25, -0.2) is 4.79 Å². The molecule has 1 aliphatic heterocycles. The summed E-state index contributed by atoms with van der Waals surface area (Å²) in [5, 5.41) is 9.63. The Morgan fingerprint density at radius 1 is 1.32 bits per heavy atom. The summed E-state index contributed by atoms with van der Waals surface area (Å²) in [5.41, 5.74) is 1.17. The maximum absolute atomic E-state index is 12.3. The summed E-state index contributed by atoms with van der Waals surface area (Å²) in [4.78, 5) is 14.0. The third kappa shape index (κ3) is 4.23. The molecule has 1 N–H and O–H groups in total. The number of nitrogens with zero attached hydrogens (tertiary/aromatic N) is 1. The Balaban J connectivity index is 1.92. The van der Waals surface area contributed by atoms with E-state index in [0.29, 0.717) is 12.5 Å². The second-order valence-corrected chi connectivity index (χ2v) is 7.16. The number of amides is 1. The van der Waals surface area contributed by atoms with E-state index < -0.39 is 0 Å². The van der Waals surface area contributed by atoms with Crippen LogP contribution in [0.1, 0.15) is 39.2 Å². The third-order valence-electron chi connectivity index (χ3n) is 4.59. The second kappa shape index (κ2) is 7.14. The smallest absolute Gasteiger partial charge is 0.410 e. The number of carbonyl (C=O) groups excluding carboxylic acids is 1. The van der Waals surface area contributed by atoms with Crippen molar-refractivity contribution in [2.45, 2.75) is 46.3 Å². The van der Waals surface area contributed by atoms with Gasteiger partial charge in [-0.05, 0) is 29.7 Å². The molecule has 22 heavy (non-hydrogen) atoms. The first-order valence-electron chi connectivity index (χ1n) is 8.00. The molecule has 2 rings (SSSR count). The normalized spacial score (nSPS) is 22.5. The summed E-state index contributed by atoms with van der Waals surface area (Å²) in [6.45, 7) is 7.57. The molecular weight excluding hydrogens is 278 g/mol. The first-order chi connectivity index (χ1) is 10.4. The number of aliphatic hydroxyl groups excluding tert-OH is 1. The van der Waals surface area contributed by atoms with E-state index in [1.54, 1.807) is 4.90 Å². The van der Waals surface area contributed by atoms with Crippen LogP contribution in [0, 0.1) is 11.3 Å². The fraction of sp³-hybridized carbons (Fsp3) is 0.611. The van der Waals surface area contributed by atoms with Gasteiger partial charge in [-0.3, -0.25) is 0 Å². The molecule has 4 heteroatoms. The van der Waals surface area contributed by atoms with Crippen LogP contribution in [0.3, 0.4) is 0 Å². The largest absolute Gasteiger partial charge is 0.445 e. The van der Waals surface area contributed by atoms with Crippen molar-refractivity contribution >= 4 is 6.09 Å². The zero-order chi connectivity index (χ0) is 16.2. The molecule has 0 unspecified atom stereocenters. The fourth-order valence-corrected chi connectivity index (χ4v) is 3.05. The number of hydrogen-bond donors (Lipinski definition) is 1. The van der Waals surface area contributed by atoms with Crippen LogP contribution in [0.2, 0.25) is 0 Å². The molecule has 2 atom stereocenters. The molecule has 1 aromatic carbocycles. The van der Waals surface area contributed by atoms with E-state index in [0.717, 1.165) is 18.4 Å². The molecule has 1 aromatic rings. The topological polar surface area (TPSA) is 49.8 Å². The molecule has 0 spiro atoms. The van der Waals surface area contributed by atoms with E-state index in [-0.39, 0.29) is 30.8 Å². The van der Waals surface area contributed by atoms with Gasteiger partial charge in [0.1, 0.15) is 6.61 Å². The van der Waals surface area contributed by atoms with E-state index in [1.807, 2.05) is 30.3 Å². The monoisotopic (exact) mass is 305 g/mol. The summed E-state index contributed by atoms with van der Waals surface area (Å²) < 4.78 is 5.40. The van der Waals surface area contributed by atoms with Crippen LogP contribution in [-0.4, -0.2) is 35.3 Å². The molecule has 0 aromatic heterocycles. The van der Waals surface area contributed by atoms with Gasteiger partial charge < -0.3 is 14.7 Å². The van der Waals surface area contributed by atoms with Gasteiger partial charge >= 0.3 is 6.09 Å². The molecular formula is C18H27NO3. The number of likely N-dealkylation sites (tertiary alicyclic amines) is 1. The second-order valence-electron chi connectivity index (χ2n) is 7.16. The Labute approximate surface area is 133 Å². The van der Waals surface area contributed by atoms with Crippen molar-refractivity contribution < 1.29 is 14.6 Å². The number of ether oxygens (including phenoxy) is 1. The molecule has 1 aliphatic rings. The zero-order valence-electron chi connectivity index (χ0n) is 13.8. The standard InChI is InChI=1S/C18H27NO3/c1-18(2,3)15-9-10-19(16(11-15)12-20)17(21)22-13-14-7-5-4-6-8-14/h4-8,15-16,20H,9-13H2,1-3H3/t15-,16+/m1/s1. The van der Waals surface area contributed by atoms with Gasteiger partial charge in [-0.1, -0.05) is 51.1 Å². The Morgan fingerprint density at radius 3 is 2.59 bits per heavy atom. The molecule has 1 heterocycles. The van der Waals surface area contributed by atoms with Gasteiger partial charge in [-0.2, -0.15) is 0 Å². The average molecular weight is 305 g/mol. The predicted octanol–water partition coefficient (Wildman–Crippen LogP) is 3.44. The lowest BCUT2D eigenvalue weighted by atomic mass is 9.73. The summed E-state index contributed by atoms with van der Waals surface area (Å²) in [6.07, 6.45) is 1.47. The van der Waals surface area contributed by atoms with Gasteiger partial charge in [0.25, 0.3) is 0 Å². The van der Waals surface area contributed by atoms with Crippen molar-refractivity contribution in [2.24, 2.45) is 11.3 Å². The lowest BCUT2D eigenvalue weighted by Gasteiger charge is -2.42. The van der Waals surface area contributed by atoms with Crippen LogP contribution < -0.4 is 0 Å². The molecule has 0 saturated carbocycles. The van der Waals surface area contributed by atoms with Crippen LogP contribution in [0.25, 0.3) is 0 Å². The Hall–Kier alpha value is -1.55. The van der Waals surface area contributed by atoms with E-state index >= 15 is 0 Å². The number of benzene rings is 1. The van der Waals surface area contributed by atoms with Crippen molar-refractivity contribution in [1.29, 1.82) is 0 Å². The van der Waals surface area contributed by atoms with E-state index in [1.165, 1.54) is 0 Å². The Bertz CT molecular complexity index is 481. The van der Waals surface area contributed by atoms with Gasteiger partial charge in [-0.15, -0.1) is 0 Å². The Kier molecular flexibility index (Phi) is 5.46. The number of piperidine rings is 1. The molecule has 1 fully saturated rings. The predicted molar refractivity (Wildman–Crippen MR) is 86.4 cm³/mol. The summed E-state index contributed by atoms with van der Waals surface area (Å²) >= 11 is 0. The van der Waals surface area contributed by atoms with Crippen molar-refractivity contribution in [1.82, 2.24) is 4.90 Å². The zero-order valence-corrected chi connectivity index (χ0v) is 13.8. The number of carbonyl (C=O) groups is 1. The van der Waals surface area contributed by atoms with Crippen molar-refractivity contribution in [3.8, 4) is 0 Å². The molecule has 0 radical (unpaired) electrons. The van der Waals surface area contributed by atoms with E-state index in [2.05, 4.69) is 20.8 Å². The average Bonchev–Trinajstić information content (AvgIpc) is 2.52. The minimum atomic E-state index is -0.324. The molecule has 0 aliphatic carbocycles. The SMILES string of the molecule is CC(C)(C)[C@@H]1CCN(C(=O)OCc2ccccc2)[C@H](CO)C1. The van der Waals surface area contributed by atoms with E-state index in [9.17, 15) is 9.90 Å². The minimum Gasteiger partial charge on any atom is -0.445 e. The summed E-state index contributed by atoms with van der Waals surface area (Å²) in [5.74, 6) is 0.517. The summed E-state index contributed by atoms with van der Waals surface area (Å²) in [7, 11) is 0. The third-order valence-corrected chi connectivity index (χ3v) is 4.59. The highest BCUT2D eigenvalue weighted by Crippen LogP contribution is 2.36. The van der Waals surface area contributed by atoms with Gasteiger partial charge in [0, 0.05) is 6.54 Å². The summed E-state index contributed by atoms with van der Waals surface area (Å²) in [6, 6.07) is 9.51. The fourth-order valence-electron chi connectivity index (χ4n) is 3.05. The quantitative estimate of drug-likeness (QED) is 0.930. The van der Waals surface area contributed by atoms with Crippen LogP contribution >= 0.6 is 0 Å². The highest BCUT2D eigenvalue weighted by Gasteiger charge is 2.36. The van der Waals surface area contributed by atoms with Gasteiger partial charge in [0.05, 0.1) is 12.6 Å². The van der Waals surface area contributed by atoms with Gasteiger partial charge in [0.2, 0.25) is 0 Å². The van der Waals surface area contributed by atoms with Crippen molar-refractivity contribution in [3.05, 3.63) is 35.9 Å². The minimum absolute atomic E-state index is 0.00693. The van der Waals surface area contributed by atoms with Gasteiger partial charge in [0.15, 0.2) is 0 Å². The molecule has 1 saturated heterocycles. The molecule has 1 amide bonds. The maximum Gasteiger partial charge on any atom is 0.410 e. The van der Waals surface area contributed by atoms with Crippen molar-refractivity contribution in [3.63, 3.8) is 0 Å². The number of rotatable bonds is 3. The highest BCUT2D eigenvalue weighted by atomic mass is 16.6. The first-order valence-corrected chi connectivity index (χ1v) is 8.00. The van der Waals surface area contributed by atoms with Crippen LogP contribution in [0.4, 0.5) is 4.79 Å². The number of hydrogen-bond acceptors (Lipinski definition) is 3. The lowest BCUT2D eigenvalue weighted by Crippen LogP contribution is -2.50.